The highest BCUT2D eigenvalue weighted by molar-refractivity contribution is 6.11. The largest absolute Gasteiger partial charge is 0.309 e. The predicted octanol–water partition coefficient (Wildman–Crippen LogP) is 11.4. The van der Waals surface area contributed by atoms with Crippen molar-refractivity contribution in [1.29, 1.82) is 5.26 Å². The van der Waals surface area contributed by atoms with E-state index in [4.69, 9.17) is 0 Å². The average Bonchev–Trinajstić information content (AvgIpc) is 3.65. The van der Waals surface area contributed by atoms with Gasteiger partial charge in [0.15, 0.2) is 0 Å². The van der Waals surface area contributed by atoms with Crippen molar-refractivity contribution in [3.05, 3.63) is 169 Å². The molecular formula is C44H29N3. The van der Waals surface area contributed by atoms with Gasteiger partial charge in [-0.3, -0.25) is 0 Å². The smallest absolute Gasteiger partial charge is 0.101 e. The summed E-state index contributed by atoms with van der Waals surface area (Å²) in [4.78, 5) is 0. The monoisotopic (exact) mass is 599 g/mol. The van der Waals surface area contributed by atoms with Gasteiger partial charge in [0.05, 0.1) is 33.3 Å². The third-order valence-electron chi connectivity index (χ3n) is 9.52. The molecule has 0 aliphatic carbocycles. The molecule has 7 aromatic carbocycles. The number of aromatic nitrogens is 2. The molecule has 0 atom stereocenters. The summed E-state index contributed by atoms with van der Waals surface area (Å²) in [5.74, 6) is 0. The number of hydrogen-bond donors (Lipinski definition) is 0. The molecule has 2 aromatic heterocycles. The number of benzene rings is 7. The van der Waals surface area contributed by atoms with Gasteiger partial charge >= 0.3 is 0 Å². The Balaban J connectivity index is 1.14. The second-order valence-corrected chi connectivity index (χ2v) is 12.1. The molecule has 3 heteroatoms. The maximum absolute atomic E-state index is 10.1. The third kappa shape index (κ3) is 4.13. The van der Waals surface area contributed by atoms with E-state index in [-0.39, 0.29) is 0 Å². The Bertz CT molecular complexity index is 2640. The van der Waals surface area contributed by atoms with Crippen molar-refractivity contribution in [3.8, 4) is 39.7 Å². The molecule has 0 spiro atoms. The molecule has 9 aromatic rings. The maximum Gasteiger partial charge on any atom is 0.101 e. The molecule has 0 fully saturated rings. The lowest BCUT2D eigenvalue weighted by Crippen LogP contribution is -1.98. The molecule has 2 heterocycles. The SMILES string of the molecule is Cc1cc(-n2c3ccccc3c3ccccc32)ccc1-c1ccc(-c2ccccc2-n2c3ccccc3c3cccc(C#N)c32)cc1. The lowest BCUT2D eigenvalue weighted by Gasteiger charge is -2.15. The fourth-order valence-corrected chi connectivity index (χ4v) is 7.41. The van der Waals surface area contributed by atoms with Crippen molar-refractivity contribution >= 4 is 43.6 Å². The van der Waals surface area contributed by atoms with Gasteiger partial charge in [-0.05, 0) is 71.6 Å². The molecule has 0 unspecified atom stereocenters. The first-order valence-electron chi connectivity index (χ1n) is 15.9. The Hall–Kier alpha value is -6.37. The topological polar surface area (TPSA) is 33.6 Å². The van der Waals surface area contributed by atoms with Crippen LogP contribution in [0.4, 0.5) is 0 Å². The highest BCUT2D eigenvalue weighted by Gasteiger charge is 2.18. The first kappa shape index (κ1) is 27.0. The minimum Gasteiger partial charge on any atom is -0.309 e. The number of rotatable bonds is 4. The zero-order chi connectivity index (χ0) is 31.5. The quantitative estimate of drug-likeness (QED) is 0.198. The van der Waals surface area contributed by atoms with Crippen molar-refractivity contribution in [2.24, 2.45) is 0 Å². The van der Waals surface area contributed by atoms with Crippen LogP contribution in [0.25, 0.3) is 77.2 Å². The highest BCUT2D eigenvalue weighted by Crippen LogP contribution is 2.38. The van der Waals surface area contributed by atoms with Gasteiger partial charge in [0, 0.05) is 32.8 Å². The van der Waals surface area contributed by atoms with E-state index in [9.17, 15) is 5.26 Å². The van der Waals surface area contributed by atoms with Crippen LogP contribution < -0.4 is 0 Å². The van der Waals surface area contributed by atoms with Crippen LogP contribution in [0.3, 0.4) is 0 Å². The minimum absolute atomic E-state index is 0.670. The molecule has 0 radical (unpaired) electrons. The number of aryl methyl sites for hydroxylation is 1. The van der Waals surface area contributed by atoms with Crippen molar-refractivity contribution in [3.63, 3.8) is 0 Å². The Morgan fingerprint density at radius 2 is 1.00 bits per heavy atom. The number of para-hydroxylation sites is 5. The Kier molecular flexibility index (Phi) is 6.10. The number of hydrogen-bond acceptors (Lipinski definition) is 1. The molecule has 0 saturated heterocycles. The summed E-state index contributed by atoms with van der Waals surface area (Å²) in [5, 5.41) is 14.8. The van der Waals surface area contributed by atoms with Gasteiger partial charge in [-0.25, -0.2) is 0 Å². The van der Waals surface area contributed by atoms with Gasteiger partial charge in [-0.1, -0.05) is 115 Å². The highest BCUT2D eigenvalue weighted by atomic mass is 15.0. The van der Waals surface area contributed by atoms with Crippen LogP contribution >= 0.6 is 0 Å². The van der Waals surface area contributed by atoms with Crippen molar-refractivity contribution in [2.45, 2.75) is 6.92 Å². The molecule has 220 valence electrons. The molecule has 9 rings (SSSR count). The van der Waals surface area contributed by atoms with Gasteiger partial charge in [-0.2, -0.15) is 5.26 Å². The summed E-state index contributed by atoms with van der Waals surface area (Å²) in [6, 6.07) is 58.3. The predicted molar refractivity (Wildman–Crippen MR) is 195 cm³/mol. The van der Waals surface area contributed by atoms with Crippen LogP contribution in [0.15, 0.2) is 158 Å². The standard InChI is InChI=1S/C44H29N3/c1-29-27-33(46-41-18-7-3-13-36(41)37-14-4-8-19-42(37)46)25-26-34(29)30-21-23-31(24-22-30)35-12-2-6-17-40(35)47-43-20-9-5-15-38(43)39-16-10-11-32(28-45)44(39)47/h2-27H,1H3. The fourth-order valence-electron chi connectivity index (χ4n) is 7.41. The summed E-state index contributed by atoms with van der Waals surface area (Å²) < 4.78 is 4.62. The first-order valence-corrected chi connectivity index (χ1v) is 15.9. The van der Waals surface area contributed by atoms with Gasteiger partial charge in [0.2, 0.25) is 0 Å². The molecular weight excluding hydrogens is 571 g/mol. The minimum atomic E-state index is 0.670. The van der Waals surface area contributed by atoms with Crippen LogP contribution in [0.2, 0.25) is 0 Å². The third-order valence-corrected chi connectivity index (χ3v) is 9.52. The fraction of sp³-hybridized carbons (Fsp3) is 0.0227. The van der Waals surface area contributed by atoms with E-state index in [2.05, 4.69) is 168 Å². The molecule has 0 aliphatic rings. The summed E-state index contributed by atoms with van der Waals surface area (Å²) >= 11 is 0. The number of nitrogens with zero attached hydrogens (tertiary/aromatic N) is 3. The molecule has 0 bridgehead atoms. The molecule has 0 aliphatic heterocycles. The second kappa shape index (κ2) is 10.6. The number of fused-ring (bicyclic) bond motifs is 6. The molecule has 0 N–H and O–H groups in total. The molecule has 3 nitrogen and oxygen atoms in total. The van der Waals surface area contributed by atoms with E-state index in [1.807, 2.05) is 12.1 Å². The van der Waals surface area contributed by atoms with Gasteiger partial charge in [0.25, 0.3) is 0 Å². The van der Waals surface area contributed by atoms with Crippen LogP contribution in [0.5, 0.6) is 0 Å². The molecule has 47 heavy (non-hydrogen) atoms. The van der Waals surface area contributed by atoms with E-state index in [0.717, 1.165) is 44.3 Å². The molecule has 0 amide bonds. The van der Waals surface area contributed by atoms with Crippen LogP contribution in [0.1, 0.15) is 11.1 Å². The Morgan fingerprint density at radius 3 is 1.64 bits per heavy atom. The Morgan fingerprint density at radius 1 is 0.468 bits per heavy atom. The summed E-state index contributed by atoms with van der Waals surface area (Å²) in [6.45, 7) is 2.20. The number of nitriles is 1. The van der Waals surface area contributed by atoms with Crippen molar-refractivity contribution in [2.75, 3.05) is 0 Å². The van der Waals surface area contributed by atoms with E-state index < -0.39 is 0 Å². The van der Waals surface area contributed by atoms with Crippen molar-refractivity contribution in [1.82, 2.24) is 9.13 Å². The zero-order valence-electron chi connectivity index (χ0n) is 25.9. The maximum atomic E-state index is 10.1. The van der Waals surface area contributed by atoms with Gasteiger partial charge in [0.1, 0.15) is 6.07 Å². The first-order chi connectivity index (χ1) is 23.2. The zero-order valence-corrected chi connectivity index (χ0v) is 25.9. The molecule has 0 saturated carbocycles. The normalized spacial score (nSPS) is 11.5. The van der Waals surface area contributed by atoms with E-state index in [1.165, 1.54) is 38.5 Å². The average molecular weight is 600 g/mol. The lowest BCUT2D eigenvalue weighted by molar-refractivity contribution is 1.17. The van der Waals surface area contributed by atoms with E-state index >= 15 is 0 Å². The second-order valence-electron chi connectivity index (χ2n) is 12.1. The van der Waals surface area contributed by atoms with Crippen LogP contribution in [-0.2, 0) is 0 Å². The van der Waals surface area contributed by atoms with Crippen molar-refractivity contribution < 1.29 is 0 Å². The van der Waals surface area contributed by atoms with E-state index in [1.54, 1.807) is 0 Å². The van der Waals surface area contributed by atoms with E-state index in [0.29, 0.717) is 5.56 Å². The Labute approximate surface area is 272 Å². The summed E-state index contributed by atoms with van der Waals surface area (Å²) in [7, 11) is 0. The van der Waals surface area contributed by atoms with Crippen LogP contribution in [-0.4, -0.2) is 9.13 Å². The summed E-state index contributed by atoms with van der Waals surface area (Å²) in [5.41, 5.74) is 13.2. The van der Waals surface area contributed by atoms with Gasteiger partial charge in [-0.15, -0.1) is 0 Å². The van der Waals surface area contributed by atoms with Gasteiger partial charge < -0.3 is 9.13 Å². The van der Waals surface area contributed by atoms with Crippen LogP contribution in [0, 0.1) is 18.3 Å². The lowest BCUT2D eigenvalue weighted by atomic mass is 9.96. The summed E-state index contributed by atoms with van der Waals surface area (Å²) in [6.07, 6.45) is 0.